The molecule has 1 aliphatic rings. The van der Waals surface area contributed by atoms with Crippen LogP contribution >= 0.6 is 23.4 Å². The summed E-state index contributed by atoms with van der Waals surface area (Å²) in [6, 6.07) is 3.29. The van der Waals surface area contributed by atoms with Crippen molar-refractivity contribution in [1.29, 1.82) is 0 Å². The van der Waals surface area contributed by atoms with Crippen LogP contribution in [0.5, 0.6) is 11.5 Å². The maximum atomic E-state index is 12.1. The van der Waals surface area contributed by atoms with E-state index in [-0.39, 0.29) is 16.7 Å². The molecule has 0 saturated carbocycles. The quantitative estimate of drug-likeness (QED) is 0.624. The predicted molar refractivity (Wildman–Crippen MR) is 86.1 cm³/mol. The van der Waals surface area contributed by atoms with Crippen molar-refractivity contribution in [1.82, 2.24) is 4.90 Å². The first-order chi connectivity index (χ1) is 10.5. The second-order valence-electron chi connectivity index (χ2n) is 4.21. The number of nitrogens with zero attached hydrogens (tertiary/aromatic N) is 1. The van der Waals surface area contributed by atoms with Crippen molar-refractivity contribution in [2.45, 2.75) is 0 Å². The summed E-state index contributed by atoms with van der Waals surface area (Å²) in [5.41, 5.74) is 0.619. The summed E-state index contributed by atoms with van der Waals surface area (Å²) in [5.74, 6) is 2.70. The molecule has 1 heterocycles. The third kappa shape index (κ3) is 3.06. The van der Waals surface area contributed by atoms with E-state index in [2.05, 4.69) is 5.92 Å². The third-order valence-electron chi connectivity index (χ3n) is 2.88. The molecule has 114 valence electrons. The van der Waals surface area contributed by atoms with Crippen LogP contribution in [0.4, 0.5) is 4.79 Å². The molecule has 0 radical (unpaired) electrons. The van der Waals surface area contributed by atoms with Gasteiger partial charge in [-0.05, 0) is 35.5 Å². The van der Waals surface area contributed by atoms with Crippen LogP contribution in [-0.4, -0.2) is 36.8 Å². The van der Waals surface area contributed by atoms with Gasteiger partial charge < -0.3 is 9.47 Å². The van der Waals surface area contributed by atoms with E-state index in [4.69, 9.17) is 27.5 Å². The van der Waals surface area contributed by atoms with Gasteiger partial charge in [0.15, 0.2) is 11.5 Å². The Hall–Kier alpha value is -2.10. The van der Waals surface area contributed by atoms with Crippen LogP contribution in [0.2, 0.25) is 5.02 Å². The molecule has 2 rings (SSSR count). The minimum absolute atomic E-state index is 0.0469. The van der Waals surface area contributed by atoms with Gasteiger partial charge >= 0.3 is 0 Å². The van der Waals surface area contributed by atoms with E-state index in [9.17, 15) is 9.59 Å². The first-order valence-electron chi connectivity index (χ1n) is 6.12. The fourth-order valence-corrected chi connectivity index (χ4v) is 3.03. The summed E-state index contributed by atoms with van der Waals surface area (Å²) in [4.78, 5) is 25.1. The Labute approximate surface area is 137 Å². The number of halogens is 1. The van der Waals surface area contributed by atoms with E-state index in [0.717, 1.165) is 16.7 Å². The molecule has 22 heavy (non-hydrogen) atoms. The number of hydrogen-bond donors (Lipinski definition) is 0. The molecule has 5 nitrogen and oxygen atoms in total. The molecular weight excluding hydrogens is 326 g/mol. The fraction of sp³-hybridized carbons (Fsp3) is 0.200. The monoisotopic (exact) mass is 337 g/mol. The number of methoxy groups -OCH3 is 2. The number of amides is 2. The molecule has 1 aromatic carbocycles. The lowest BCUT2D eigenvalue weighted by Crippen LogP contribution is -2.28. The van der Waals surface area contributed by atoms with E-state index in [1.54, 1.807) is 18.2 Å². The summed E-state index contributed by atoms with van der Waals surface area (Å²) in [7, 11) is 2.97. The molecule has 1 aliphatic heterocycles. The SMILES string of the molecule is C#CCN1C(=O)SC(=Cc2cc(Cl)c(OC)c(OC)c2)C1=O. The third-order valence-corrected chi connectivity index (χ3v) is 4.06. The molecule has 0 atom stereocenters. The molecule has 1 aromatic rings. The number of imide groups is 1. The number of ether oxygens (including phenoxy) is 2. The average Bonchev–Trinajstić information content (AvgIpc) is 2.74. The number of carbonyl (C=O) groups excluding carboxylic acids is 2. The second-order valence-corrected chi connectivity index (χ2v) is 5.61. The predicted octanol–water partition coefficient (Wildman–Crippen LogP) is 3.03. The molecule has 7 heteroatoms. The van der Waals surface area contributed by atoms with Gasteiger partial charge in [-0.2, -0.15) is 0 Å². The lowest BCUT2D eigenvalue weighted by molar-refractivity contribution is -0.122. The molecule has 0 bridgehead atoms. The Bertz CT molecular complexity index is 708. The zero-order chi connectivity index (χ0) is 16.3. The van der Waals surface area contributed by atoms with Crippen LogP contribution in [0.25, 0.3) is 6.08 Å². The van der Waals surface area contributed by atoms with Crippen molar-refractivity contribution < 1.29 is 19.1 Å². The van der Waals surface area contributed by atoms with Crippen molar-refractivity contribution in [2.75, 3.05) is 20.8 Å². The summed E-state index contributed by atoms with van der Waals surface area (Å²) < 4.78 is 10.3. The van der Waals surface area contributed by atoms with Crippen molar-refractivity contribution in [2.24, 2.45) is 0 Å². The summed E-state index contributed by atoms with van der Waals surface area (Å²) >= 11 is 6.95. The topological polar surface area (TPSA) is 55.8 Å². The number of terminal acetylenes is 1. The Balaban J connectivity index is 2.38. The average molecular weight is 338 g/mol. The van der Waals surface area contributed by atoms with Gasteiger partial charge in [0.1, 0.15) is 0 Å². The Morgan fingerprint density at radius 3 is 2.68 bits per heavy atom. The van der Waals surface area contributed by atoms with E-state index in [1.807, 2.05) is 0 Å². The van der Waals surface area contributed by atoms with E-state index < -0.39 is 5.91 Å². The zero-order valence-electron chi connectivity index (χ0n) is 11.9. The van der Waals surface area contributed by atoms with Crippen LogP contribution in [0.1, 0.15) is 5.56 Å². The van der Waals surface area contributed by atoms with Gasteiger partial charge in [0.25, 0.3) is 11.1 Å². The Kier molecular flexibility index (Phi) is 5.01. The van der Waals surface area contributed by atoms with Crippen LogP contribution in [0.15, 0.2) is 17.0 Å². The van der Waals surface area contributed by atoms with E-state index in [0.29, 0.717) is 22.1 Å². The summed E-state index contributed by atoms with van der Waals surface area (Å²) in [5, 5.41) is -0.0447. The van der Waals surface area contributed by atoms with Gasteiger partial charge in [-0.25, -0.2) is 0 Å². The van der Waals surface area contributed by atoms with Gasteiger partial charge in [-0.3, -0.25) is 14.5 Å². The first-order valence-corrected chi connectivity index (χ1v) is 7.31. The first kappa shape index (κ1) is 16.3. The minimum atomic E-state index is -0.418. The van der Waals surface area contributed by atoms with Gasteiger partial charge in [0.05, 0.1) is 30.7 Å². The molecule has 1 fully saturated rings. The number of carbonyl (C=O) groups is 2. The van der Waals surface area contributed by atoms with E-state index in [1.165, 1.54) is 14.2 Å². The molecule has 0 aromatic heterocycles. The van der Waals surface area contributed by atoms with Gasteiger partial charge in [0.2, 0.25) is 0 Å². The highest BCUT2D eigenvalue weighted by Crippen LogP contribution is 2.38. The largest absolute Gasteiger partial charge is 0.493 e. The highest BCUT2D eigenvalue weighted by molar-refractivity contribution is 8.18. The Morgan fingerprint density at radius 1 is 1.36 bits per heavy atom. The highest BCUT2D eigenvalue weighted by Gasteiger charge is 2.34. The van der Waals surface area contributed by atoms with Crippen molar-refractivity contribution in [3.05, 3.63) is 27.6 Å². The highest BCUT2D eigenvalue weighted by atomic mass is 35.5. The lowest BCUT2D eigenvalue weighted by atomic mass is 10.2. The van der Waals surface area contributed by atoms with Gasteiger partial charge in [0, 0.05) is 0 Å². The summed E-state index contributed by atoms with van der Waals surface area (Å²) in [6.45, 7) is -0.0469. The second kappa shape index (κ2) is 6.77. The number of hydrogen-bond acceptors (Lipinski definition) is 5. The molecule has 2 amide bonds. The molecule has 1 saturated heterocycles. The zero-order valence-corrected chi connectivity index (χ0v) is 13.5. The number of thioether (sulfide) groups is 1. The van der Waals surface area contributed by atoms with Gasteiger partial charge in [-0.15, -0.1) is 6.42 Å². The van der Waals surface area contributed by atoms with Crippen LogP contribution in [0, 0.1) is 12.3 Å². The van der Waals surface area contributed by atoms with Crippen LogP contribution in [0.3, 0.4) is 0 Å². The fourth-order valence-electron chi connectivity index (χ4n) is 1.90. The maximum Gasteiger partial charge on any atom is 0.294 e. The minimum Gasteiger partial charge on any atom is -0.493 e. The number of benzene rings is 1. The standard InChI is InChI=1S/C15H12ClNO4S/c1-4-5-17-14(18)12(22-15(17)19)8-9-6-10(16)13(21-3)11(7-9)20-2/h1,6-8H,5H2,2-3H3. The molecule has 0 N–H and O–H groups in total. The van der Waals surface area contributed by atoms with Crippen molar-refractivity contribution in [3.63, 3.8) is 0 Å². The lowest BCUT2D eigenvalue weighted by Gasteiger charge is -2.10. The molecule has 0 unspecified atom stereocenters. The molecular formula is C15H12ClNO4S. The molecule has 0 spiro atoms. The smallest absolute Gasteiger partial charge is 0.294 e. The van der Waals surface area contributed by atoms with Crippen molar-refractivity contribution in [3.8, 4) is 23.8 Å². The molecule has 0 aliphatic carbocycles. The number of rotatable bonds is 4. The normalized spacial score (nSPS) is 16.1. The van der Waals surface area contributed by atoms with Gasteiger partial charge in [-0.1, -0.05) is 17.5 Å². The van der Waals surface area contributed by atoms with Crippen LogP contribution in [-0.2, 0) is 4.79 Å². The summed E-state index contributed by atoms with van der Waals surface area (Å²) in [6.07, 6.45) is 6.71. The Morgan fingerprint density at radius 2 is 2.09 bits per heavy atom. The van der Waals surface area contributed by atoms with E-state index >= 15 is 0 Å². The van der Waals surface area contributed by atoms with Crippen LogP contribution < -0.4 is 9.47 Å². The van der Waals surface area contributed by atoms with Crippen molar-refractivity contribution >= 4 is 40.6 Å². The maximum absolute atomic E-state index is 12.1.